The molecule has 1 saturated heterocycles. The van der Waals surface area contributed by atoms with E-state index in [0.29, 0.717) is 10.7 Å². The first-order chi connectivity index (χ1) is 11.5. The van der Waals surface area contributed by atoms with Gasteiger partial charge in [0, 0.05) is 23.7 Å². The van der Waals surface area contributed by atoms with Gasteiger partial charge in [0.1, 0.15) is 0 Å². The zero-order chi connectivity index (χ0) is 17.3. The van der Waals surface area contributed by atoms with Crippen LogP contribution in [0.5, 0.6) is 0 Å². The summed E-state index contributed by atoms with van der Waals surface area (Å²) in [5.41, 5.74) is 1.56. The normalized spacial score (nSPS) is 23.3. The molecule has 0 radical (unpaired) electrons. The SMILES string of the molecule is Cc1ccc(Cl)cc1NC(=O)CCN1C(=O)C2CCCCC2C1=O. The number of likely N-dealkylation sites (tertiary alicyclic amines) is 1. The number of halogens is 1. The van der Waals surface area contributed by atoms with Gasteiger partial charge in [-0.15, -0.1) is 0 Å². The molecule has 6 heteroatoms. The molecular formula is C18H21ClN2O3. The Balaban J connectivity index is 1.59. The highest BCUT2D eigenvalue weighted by molar-refractivity contribution is 6.31. The molecule has 0 bridgehead atoms. The van der Waals surface area contributed by atoms with Crippen LogP contribution in [0.2, 0.25) is 5.02 Å². The summed E-state index contributed by atoms with van der Waals surface area (Å²) in [6.07, 6.45) is 3.69. The van der Waals surface area contributed by atoms with Crippen molar-refractivity contribution in [1.82, 2.24) is 4.90 Å². The van der Waals surface area contributed by atoms with Gasteiger partial charge < -0.3 is 5.32 Å². The van der Waals surface area contributed by atoms with Gasteiger partial charge in [0.2, 0.25) is 17.7 Å². The van der Waals surface area contributed by atoms with Gasteiger partial charge in [0.25, 0.3) is 0 Å². The van der Waals surface area contributed by atoms with Crippen molar-refractivity contribution in [3.8, 4) is 0 Å². The Labute approximate surface area is 146 Å². The van der Waals surface area contributed by atoms with Gasteiger partial charge in [-0.1, -0.05) is 30.5 Å². The van der Waals surface area contributed by atoms with E-state index in [1.54, 1.807) is 12.1 Å². The number of hydrogen-bond acceptors (Lipinski definition) is 3. The minimum Gasteiger partial charge on any atom is -0.326 e. The molecule has 0 aromatic heterocycles. The van der Waals surface area contributed by atoms with Gasteiger partial charge in [-0.05, 0) is 37.5 Å². The molecule has 2 atom stereocenters. The first kappa shape index (κ1) is 17.0. The van der Waals surface area contributed by atoms with E-state index in [-0.39, 0.29) is 42.5 Å². The molecule has 1 heterocycles. The molecule has 0 spiro atoms. The number of carbonyl (C=O) groups excluding carboxylic acids is 3. The number of nitrogens with one attached hydrogen (secondary N) is 1. The van der Waals surface area contributed by atoms with Crippen molar-refractivity contribution in [3.05, 3.63) is 28.8 Å². The fourth-order valence-corrected chi connectivity index (χ4v) is 3.78. The number of hydrogen-bond donors (Lipinski definition) is 1. The van der Waals surface area contributed by atoms with E-state index in [9.17, 15) is 14.4 Å². The number of anilines is 1. The summed E-state index contributed by atoms with van der Waals surface area (Å²) in [5, 5.41) is 3.34. The standard InChI is InChI=1S/C18H21ClN2O3/c1-11-6-7-12(19)10-15(11)20-16(22)8-9-21-17(23)13-4-2-3-5-14(13)18(21)24/h6-7,10,13-14H,2-5,8-9H2,1H3,(H,20,22). The topological polar surface area (TPSA) is 66.5 Å². The largest absolute Gasteiger partial charge is 0.326 e. The van der Waals surface area contributed by atoms with Crippen LogP contribution in [-0.4, -0.2) is 29.2 Å². The lowest BCUT2D eigenvalue weighted by atomic mass is 9.81. The van der Waals surface area contributed by atoms with Crippen LogP contribution >= 0.6 is 11.6 Å². The highest BCUT2D eigenvalue weighted by atomic mass is 35.5. The second kappa shape index (κ2) is 6.93. The smallest absolute Gasteiger partial charge is 0.233 e. The molecule has 2 unspecified atom stereocenters. The lowest BCUT2D eigenvalue weighted by Gasteiger charge is -2.19. The van der Waals surface area contributed by atoms with Gasteiger partial charge in [0.15, 0.2) is 0 Å². The van der Waals surface area contributed by atoms with Gasteiger partial charge in [-0.25, -0.2) is 0 Å². The van der Waals surface area contributed by atoms with Crippen LogP contribution in [0.25, 0.3) is 0 Å². The molecule has 1 aliphatic heterocycles. The highest BCUT2D eigenvalue weighted by Gasteiger charge is 2.47. The molecule has 24 heavy (non-hydrogen) atoms. The van der Waals surface area contributed by atoms with Crippen molar-refractivity contribution in [2.24, 2.45) is 11.8 Å². The van der Waals surface area contributed by atoms with Gasteiger partial charge >= 0.3 is 0 Å². The fourth-order valence-electron chi connectivity index (χ4n) is 3.61. The maximum atomic E-state index is 12.4. The van der Waals surface area contributed by atoms with Crippen LogP contribution in [0.4, 0.5) is 5.69 Å². The van der Waals surface area contributed by atoms with Crippen LogP contribution in [0.15, 0.2) is 18.2 Å². The third-order valence-corrected chi connectivity index (χ3v) is 5.20. The maximum Gasteiger partial charge on any atom is 0.233 e. The number of aryl methyl sites for hydroxylation is 1. The molecule has 128 valence electrons. The highest BCUT2D eigenvalue weighted by Crippen LogP contribution is 2.38. The minimum absolute atomic E-state index is 0.100. The van der Waals surface area contributed by atoms with Crippen molar-refractivity contribution in [3.63, 3.8) is 0 Å². The summed E-state index contributed by atoms with van der Waals surface area (Å²) in [6.45, 7) is 2.03. The third kappa shape index (κ3) is 3.31. The Morgan fingerprint density at radius 2 is 1.83 bits per heavy atom. The van der Waals surface area contributed by atoms with Crippen LogP contribution in [0.1, 0.15) is 37.7 Å². The summed E-state index contributed by atoms with van der Waals surface area (Å²) in [5.74, 6) is -0.752. The molecule has 2 fully saturated rings. The second-order valence-corrected chi connectivity index (χ2v) is 7.02. The Morgan fingerprint density at radius 3 is 2.46 bits per heavy atom. The van der Waals surface area contributed by atoms with Crippen LogP contribution in [0.3, 0.4) is 0 Å². The number of fused-ring (bicyclic) bond motifs is 1. The van der Waals surface area contributed by atoms with Gasteiger partial charge in [-0.2, -0.15) is 0 Å². The summed E-state index contributed by atoms with van der Waals surface area (Å²) < 4.78 is 0. The van der Waals surface area contributed by atoms with Crippen LogP contribution in [-0.2, 0) is 14.4 Å². The summed E-state index contributed by atoms with van der Waals surface area (Å²) in [6, 6.07) is 5.28. The number of imide groups is 1. The number of carbonyl (C=O) groups is 3. The molecule has 1 N–H and O–H groups in total. The Morgan fingerprint density at radius 1 is 1.21 bits per heavy atom. The number of benzene rings is 1. The molecule has 3 rings (SSSR count). The Kier molecular flexibility index (Phi) is 4.90. The predicted octanol–water partition coefficient (Wildman–Crippen LogP) is 3.15. The summed E-state index contributed by atoms with van der Waals surface area (Å²) in [7, 11) is 0. The van der Waals surface area contributed by atoms with Crippen LogP contribution in [0, 0.1) is 18.8 Å². The lowest BCUT2D eigenvalue weighted by molar-refractivity contribution is -0.140. The number of rotatable bonds is 4. The van der Waals surface area contributed by atoms with Gasteiger partial charge in [-0.3, -0.25) is 19.3 Å². The van der Waals surface area contributed by atoms with E-state index >= 15 is 0 Å². The van der Waals surface area contributed by atoms with E-state index in [2.05, 4.69) is 5.32 Å². The van der Waals surface area contributed by atoms with Crippen molar-refractivity contribution in [2.75, 3.05) is 11.9 Å². The average Bonchev–Trinajstić information content (AvgIpc) is 2.81. The van der Waals surface area contributed by atoms with Crippen LogP contribution < -0.4 is 5.32 Å². The van der Waals surface area contributed by atoms with E-state index in [4.69, 9.17) is 11.6 Å². The van der Waals surface area contributed by atoms with E-state index in [1.165, 1.54) is 4.90 Å². The van der Waals surface area contributed by atoms with E-state index in [1.807, 2.05) is 13.0 Å². The van der Waals surface area contributed by atoms with Crippen molar-refractivity contribution in [2.45, 2.75) is 39.0 Å². The molecule has 2 aliphatic rings. The zero-order valence-electron chi connectivity index (χ0n) is 13.7. The molecule has 5 nitrogen and oxygen atoms in total. The Hall–Kier alpha value is -1.88. The summed E-state index contributed by atoms with van der Waals surface area (Å²) >= 11 is 5.94. The quantitative estimate of drug-likeness (QED) is 0.850. The average molecular weight is 349 g/mol. The van der Waals surface area contributed by atoms with Crippen molar-refractivity contribution in [1.29, 1.82) is 0 Å². The number of amides is 3. The minimum atomic E-state index is -0.226. The van der Waals surface area contributed by atoms with Crippen molar-refractivity contribution >= 4 is 35.0 Å². The maximum absolute atomic E-state index is 12.4. The molecule has 3 amide bonds. The Bertz CT molecular complexity index is 665. The van der Waals surface area contributed by atoms with E-state index in [0.717, 1.165) is 31.2 Å². The monoisotopic (exact) mass is 348 g/mol. The lowest BCUT2D eigenvalue weighted by Crippen LogP contribution is -2.34. The third-order valence-electron chi connectivity index (χ3n) is 4.97. The predicted molar refractivity (Wildman–Crippen MR) is 91.6 cm³/mol. The van der Waals surface area contributed by atoms with Crippen molar-refractivity contribution < 1.29 is 14.4 Å². The molecular weight excluding hydrogens is 328 g/mol. The molecule has 1 aromatic carbocycles. The molecule has 1 saturated carbocycles. The molecule has 1 aliphatic carbocycles. The van der Waals surface area contributed by atoms with Gasteiger partial charge in [0.05, 0.1) is 11.8 Å². The fraction of sp³-hybridized carbons (Fsp3) is 0.500. The second-order valence-electron chi connectivity index (χ2n) is 6.58. The molecule has 1 aromatic rings. The summed E-state index contributed by atoms with van der Waals surface area (Å²) in [4.78, 5) is 38.2. The number of nitrogens with zero attached hydrogens (tertiary/aromatic N) is 1. The zero-order valence-corrected chi connectivity index (χ0v) is 14.4. The first-order valence-electron chi connectivity index (χ1n) is 8.38. The first-order valence-corrected chi connectivity index (χ1v) is 8.76. The van der Waals surface area contributed by atoms with E-state index < -0.39 is 0 Å².